The van der Waals surface area contributed by atoms with Gasteiger partial charge in [0.15, 0.2) is 0 Å². The van der Waals surface area contributed by atoms with Crippen LogP contribution >= 0.6 is 11.6 Å². The maximum Gasteiger partial charge on any atom is 0.238 e. The highest BCUT2D eigenvalue weighted by molar-refractivity contribution is 7.89. The van der Waals surface area contributed by atoms with Crippen LogP contribution in [0.25, 0.3) is 0 Å². The number of hydrogen-bond acceptors (Lipinski definition) is 4. The Morgan fingerprint density at radius 2 is 2.11 bits per heavy atom. The lowest BCUT2D eigenvalue weighted by atomic mass is 10.2. The summed E-state index contributed by atoms with van der Waals surface area (Å²) in [5.74, 6) is -0.286. The summed E-state index contributed by atoms with van der Waals surface area (Å²) in [6.45, 7) is 1.79. The van der Waals surface area contributed by atoms with Gasteiger partial charge in [-0.2, -0.15) is 0 Å². The molecule has 1 rings (SSSR count). The van der Waals surface area contributed by atoms with E-state index in [1.165, 1.54) is 18.2 Å². The van der Waals surface area contributed by atoms with Gasteiger partial charge in [0.05, 0.1) is 15.6 Å². The molecule has 5 N–H and O–H groups in total. The molecule has 0 bridgehead atoms. The van der Waals surface area contributed by atoms with Crippen molar-refractivity contribution in [3.05, 3.63) is 23.2 Å². The van der Waals surface area contributed by atoms with Crippen molar-refractivity contribution in [3.63, 3.8) is 0 Å². The smallest absolute Gasteiger partial charge is 0.238 e. The van der Waals surface area contributed by atoms with Crippen LogP contribution in [-0.2, 0) is 14.8 Å². The van der Waals surface area contributed by atoms with E-state index in [1.807, 2.05) is 0 Å². The number of sulfonamides is 1. The molecule has 0 heterocycles. The molecule has 0 aliphatic carbocycles. The molecular formula is C11H16ClN3O3S. The second-order valence-corrected chi connectivity index (χ2v) is 6.22. The minimum Gasteiger partial charge on any atom is -0.328 e. The average Bonchev–Trinajstić information content (AvgIpc) is 2.28. The van der Waals surface area contributed by atoms with Crippen molar-refractivity contribution in [2.24, 2.45) is 10.9 Å². The van der Waals surface area contributed by atoms with Gasteiger partial charge < -0.3 is 11.1 Å². The van der Waals surface area contributed by atoms with Crippen LogP contribution in [0.5, 0.6) is 0 Å². The van der Waals surface area contributed by atoms with Gasteiger partial charge in [0.1, 0.15) is 0 Å². The van der Waals surface area contributed by atoms with Gasteiger partial charge in [0.2, 0.25) is 15.9 Å². The van der Waals surface area contributed by atoms with E-state index in [1.54, 1.807) is 6.92 Å². The molecule has 6 nitrogen and oxygen atoms in total. The molecule has 0 spiro atoms. The normalized spacial score (nSPS) is 13.1. The van der Waals surface area contributed by atoms with Crippen LogP contribution in [0, 0.1) is 0 Å². The molecule has 0 radical (unpaired) electrons. The van der Waals surface area contributed by atoms with Gasteiger partial charge in [-0.05, 0) is 31.5 Å². The Morgan fingerprint density at radius 1 is 1.47 bits per heavy atom. The maximum absolute atomic E-state index is 11.6. The number of amides is 1. The summed E-state index contributed by atoms with van der Waals surface area (Å²) in [6, 6.07) is 3.77. The fraction of sp³-hybridized carbons (Fsp3) is 0.364. The van der Waals surface area contributed by atoms with Crippen LogP contribution in [0.15, 0.2) is 23.1 Å². The molecule has 1 amide bonds. The predicted octanol–water partition coefficient (Wildman–Crippen LogP) is 1.05. The van der Waals surface area contributed by atoms with E-state index < -0.39 is 10.0 Å². The van der Waals surface area contributed by atoms with Crippen molar-refractivity contribution in [2.75, 3.05) is 5.32 Å². The number of benzene rings is 1. The third-order valence-electron chi connectivity index (χ3n) is 2.37. The predicted molar refractivity (Wildman–Crippen MR) is 74.3 cm³/mol. The molecule has 0 aromatic heterocycles. The third-order valence-corrected chi connectivity index (χ3v) is 3.61. The standard InChI is InChI=1S/C11H16ClN3O3S/c1-7(13)2-5-11(16)15-10-6-8(19(14,17)18)3-4-9(10)12/h3-4,6-7H,2,5,13H2,1H3,(H,15,16)(H2,14,17,18). The summed E-state index contributed by atoms with van der Waals surface area (Å²) in [5, 5.41) is 7.77. The zero-order valence-electron chi connectivity index (χ0n) is 10.4. The lowest BCUT2D eigenvalue weighted by Gasteiger charge is -2.09. The first kappa shape index (κ1) is 15.9. The summed E-state index contributed by atoms with van der Waals surface area (Å²) >= 11 is 5.88. The van der Waals surface area contributed by atoms with Crippen molar-refractivity contribution in [1.29, 1.82) is 0 Å². The van der Waals surface area contributed by atoms with E-state index in [-0.39, 0.29) is 34.0 Å². The topological polar surface area (TPSA) is 115 Å². The Balaban J connectivity index is 2.86. The first-order valence-corrected chi connectivity index (χ1v) is 7.50. The number of hydrogen-bond donors (Lipinski definition) is 3. The number of rotatable bonds is 5. The summed E-state index contributed by atoms with van der Waals surface area (Å²) in [5.41, 5.74) is 5.75. The molecule has 0 aliphatic heterocycles. The molecule has 106 valence electrons. The molecule has 0 saturated heterocycles. The average molecular weight is 306 g/mol. The van der Waals surface area contributed by atoms with Crippen LogP contribution in [0.2, 0.25) is 5.02 Å². The molecule has 1 unspecified atom stereocenters. The number of halogens is 1. The number of anilines is 1. The lowest BCUT2D eigenvalue weighted by Crippen LogP contribution is -2.20. The number of primary sulfonamides is 1. The van der Waals surface area contributed by atoms with Crippen LogP contribution in [0.1, 0.15) is 19.8 Å². The summed E-state index contributed by atoms with van der Waals surface area (Å²) in [4.78, 5) is 11.5. The highest BCUT2D eigenvalue weighted by Gasteiger charge is 2.12. The van der Waals surface area contributed by atoms with Crippen LogP contribution in [-0.4, -0.2) is 20.4 Å². The Bertz CT molecular complexity index is 573. The van der Waals surface area contributed by atoms with Crippen LogP contribution in [0.4, 0.5) is 5.69 Å². The largest absolute Gasteiger partial charge is 0.328 e. The Morgan fingerprint density at radius 3 is 2.63 bits per heavy atom. The van der Waals surface area contributed by atoms with Crippen molar-refractivity contribution < 1.29 is 13.2 Å². The van der Waals surface area contributed by atoms with Gasteiger partial charge in [-0.25, -0.2) is 13.6 Å². The second-order valence-electron chi connectivity index (χ2n) is 4.25. The SMILES string of the molecule is CC(N)CCC(=O)Nc1cc(S(N)(=O)=O)ccc1Cl. The number of carbonyl (C=O) groups is 1. The number of nitrogens with two attached hydrogens (primary N) is 2. The van der Waals surface area contributed by atoms with Gasteiger partial charge in [-0.3, -0.25) is 4.79 Å². The highest BCUT2D eigenvalue weighted by atomic mass is 35.5. The molecule has 1 aromatic carbocycles. The molecule has 19 heavy (non-hydrogen) atoms. The van der Waals surface area contributed by atoms with Crippen molar-refractivity contribution in [2.45, 2.75) is 30.7 Å². The Labute approximate surface area is 117 Å². The molecule has 0 fully saturated rings. The molecular weight excluding hydrogens is 290 g/mol. The van der Waals surface area contributed by atoms with Crippen molar-refractivity contribution in [1.82, 2.24) is 0 Å². The number of nitrogens with one attached hydrogen (secondary N) is 1. The maximum atomic E-state index is 11.6. The minimum absolute atomic E-state index is 0.0861. The Kier molecular flexibility index (Phi) is 5.30. The van der Waals surface area contributed by atoms with Gasteiger partial charge >= 0.3 is 0 Å². The summed E-state index contributed by atoms with van der Waals surface area (Å²) in [7, 11) is -3.83. The van der Waals surface area contributed by atoms with Gasteiger partial charge in [0, 0.05) is 12.5 Å². The zero-order valence-corrected chi connectivity index (χ0v) is 12.0. The molecule has 0 saturated carbocycles. The van der Waals surface area contributed by atoms with E-state index in [0.29, 0.717) is 6.42 Å². The van der Waals surface area contributed by atoms with E-state index in [9.17, 15) is 13.2 Å². The van der Waals surface area contributed by atoms with Gasteiger partial charge in [-0.15, -0.1) is 0 Å². The van der Waals surface area contributed by atoms with Crippen molar-refractivity contribution >= 4 is 33.2 Å². The van der Waals surface area contributed by atoms with E-state index in [4.69, 9.17) is 22.5 Å². The zero-order chi connectivity index (χ0) is 14.6. The lowest BCUT2D eigenvalue weighted by molar-refractivity contribution is -0.116. The molecule has 1 aromatic rings. The second kappa shape index (κ2) is 6.33. The van der Waals surface area contributed by atoms with E-state index >= 15 is 0 Å². The van der Waals surface area contributed by atoms with Gasteiger partial charge in [0.25, 0.3) is 0 Å². The first-order chi connectivity index (χ1) is 8.70. The van der Waals surface area contributed by atoms with Crippen LogP contribution in [0.3, 0.4) is 0 Å². The highest BCUT2D eigenvalue weighted by Crippen LogP contribution is 2.25. The fourth-order valence-corrected chi connectivity index (χ4v) is 2.05. The molecule has 0 aliphatic rings. The fourth-order valence-electron chi connectivity index (χ4n) is 1.35. The monoisotopic (exact) mass is 305 g/mol. The summed E-state index contributed by atoms with van der Waals surface area (Å²) < 4.78 is 22.4. The molecule has 1 atom stereocenters. The van der Waals surface area contributed by atoms with E-state index in [0.717, 1.165) is 0 Å². The first-order valence-electron chi connectivity index (χ1n) is 5.58. The van der Waals surface area contributed by atoms with Crippen molar-refractivity contribution in [3.8, 4) is 0 Å². The van der Waals surface area contributed by atoms with Crippen LogP contribution < -0.4 is 16.2 Å². The Hall–Kier alpha value is -1.15. The summed E-state index contributed by atoms with van der Waals surface area (Å²) in [6.07, 6.45) is 0.756. The van der Waals surface area contributed by atoms with E-state index in [2.05, 4.69) is 5.32 Å². The quantitative estimate of drug-likeness (QED) is 0.754. The van der Waals surface area contributed by atoms with Gasteiger partial charge in [-0.1, -0.05) is 11.6 Å². The number of carbonyl (C=O) groups excluding carboxylic acids is 1. The third kappa shape index (κ3) is 5.15. The molecule has 8 heteroatoms. The minimum atomic E-state index is -3.83.